The first kappa shape index (κ1) is 18.9. The SMILES string of the molecule is CCCOc1ccc(C=NC[C@H](c2cccs2)[NH+]2CCOCC2)c(O)c1. The number of nitrogens with one attached hydrogen (secondary N) is 1. The van der Waals surface area contributed by atoms with E-state index in [1.54, 1.807) is 23.6 Å². The molecule has 0 unspecified atom stereocenters. The summed E-state index contributed by atoms with van der Waals surface area (Å²) >= 11 is 1.78. The molecule has 1 fully saturated rings. The van der Waals surface area contributed by atoms with E-state index in [0.29, 0.717) is 24.9 Å². The van der Waals surface area contributed by atoms with Gasteiger partial charge in [-0.15, -0.1) is 11.3 Å². The number of morpholine rings is 1. The van der Waals surface area contributed by atoms with E-state index in [1.807, 2.05) is 12.1 Å². The Hall–Kier alpha value is -1.89. The highest BCUT2D eigenvalue weighted by molar-refractivity contribution is 7.10. The largest absolute Gasteiger partial charge is 0.507 e. The average Bonchev–Trinajstić information content (AvgIpc) is 3.20. The summed E-state index contributed by atoms with van der Waals surface area (Å²) in [6.45, 7) is 7.03. The molecule has 2 aromatic rings. The summed E-state index contributed by atoms with van der Waals surface area (Å²) in [4.78, 5) is 7.52. The highest BCUT2D eigenvalue weighted by Crippen LogP contribution is 2.23. The topological polar surface area (TPSA) is 55.5 Å². The molecule has 0 saturated carbocycles. The first-order valence-electron chi connectivity index (χ1n) is 9.19. The van der Waals surface area contributed by atoms with Gasteiger partial charge in [0, 0.05) is 17.8 Å². The predicted octanol–water partition coefficient (Wildman–Crippen LogP) is 2.32. The molecular formula is C20H27N2O3S+. The minimum Gasteiger partial charge on any atom is -0.507 e. The number of benzene rings is 1. The lowest BCUT2D eigenvalue weighted by molar-refractivity contribution is -0.937. The van der Waals surface area contributed by atoms with Gasteiger partial charge in [-0.2, -0.15) is 0 Å². The first-order valence-corrected chi connectivity index (χ1v) is 10.1. The van der Waals surface area contributed by atoms with Gasteiger partial charge in [0.05, 0.1) is 31.2 Å². The maximum Gasteiger partial charge on any atom is 0.142 e. The van der Waals surface area contributed by atoms with Gasteiger partial charge >= 0.3 is 0 Å². The Morgan fingerprint density at radius 2 is 2.19 bits per heavy atom. The van der Waals surface area contributed by atoms with Crippen molar-refractivity contribution < 1.29 is 19.5 Å². The summed E-state index contributed by atoms with van der Waals surface area (Å²) in [5.41, 5.74) is 0.718. The third-order valence-corrected chi connectivity index (χ3v) is 5.49. The number of thiophene rings is 1. The van der Waals surface area contributed by atoms with Crippen molar-refractivity contribution in [2.75, 3.05) is 39.5 Å². The number of hydrogen-bond acceptors (Lipinski definition) is 5. The molecule has 26 heavy (non-hydrogen) atoms. The van der Waals surface area contributed by atoms with Gasteiger partial charge in [-0.1, -0.05) is 13.0 Å². The summed E-state index contributed by atoms with van der Waals surface area (Å²) in [6, 6.07) is 10.00. The highest BCUT2D eigenvalue weighted by atomic mass is 32.1. The molecule has 0 radical (unpaired) electrons. The van der Waals surface area contributed by atoms with Crippen LogP contribution >= 0.6 is 11.3 Å². The number of aliphatic imine (C=N–C) groups is 1. The molecule has 0 bridgehead atoms. The molecule has 1 saturated heterocycles. The first-order chi connectivity index (χ1) is 12.8. The number of quaternary nitrogens is 1. The molecule has 1 aromatic heterocycles. The Labute approximate surface area is 158 Å². The van der Waals surface area contributed by atoms with Gasteiger partial charge < -0.3 is 19.5 Å². The molecule has 2 heterocycles. The fourth-order valence-electron chi connectivity index (χ4n) is 3.09. The van der Waals surface area contributed by atoms with Crippen molar-refractivity contribution in [3.8, 4) is 11.5 Å². The third-order valence-electron chi connectivity index (χ3n) is 4.51. The van der Waals surface area contributed by atoms with Crippen LogP contribution in [0.15, 0.2) is 40.7 Å². The number of ether oxygens (including phenoxy) is 2. The Morgan fingerprint density at radius 1 is 1.35 bits per heavy atom. The summed E-state index contributed by atoms with van der Waals surface area (Å²) in [6.07, 6.45) is 2.71. The standard InChI is InChI=1S/C20H26N2O3S/c1-2-9-25-17-6-5-16(19(23)13-17)14-21-15-18(20-4-3-12-26-20)22-7-10-24-11-8-22/h3-6,12-14,18,23H,2,7-11,15H2,1H3/p+1/t18-/m1/s1. The third kappa shape index (κ3) is 5.06. The van der Waals surface area contributed by atoms with Gasteiger partial charge in [0.15, 0.2) is 0 Å². The van der Waals surface area contributed by atoms with Gasteiger partial charge in [0.1, 0.15) is 30.6 Å². The van der Waals surface area contributed by atoms with Crippen molar-refractivity contribution in [3.63, 3.8) is 0 Å². The molecule has 0 spiro atoms. The van der Waals surface area contributed by atoms with E-state index in [9.17, 15) is 5.11 Å². The van der Waals surface area contributed by atoms with E-state index < -0.39 is 0 Å². The van der Waals surface area contributed by atoms with E-state index in [1.165, 1.54) is 9.78 Å². The lowest BCUT2D eigenvalue weighted by Gasteiger charge is -2.30. The van der Waals surface area contributed by atoms with Crippen LogP contribution in [0.3, 0.4) is 0 Å². The number of nitrogens with zero attached hydrogens (tertiary/aromatic N) is 1. The lowest BCUT2D eigenvalue weighted by atomic mass is 10.2. The zero-order valence-corrected chi connectivity index (χ0v) is 16.0. The lowest BCUT2D eigenvalue weighted by Crippen LogP contribution is -3.14. The Kier molecular flexibility index (Phi) is 7.05. The molecule has 1 aliphatic heterocycles. The molecule has 0 aliphatic carbocycles. The Bertz CT molecular complexity index is 697. The number of hydrogen-bond donors (Lipinski definition) is 2. The Balaban J connectivity index is 1.66. The normalized spacial score (nSPS) is 16.8. The second-order valence-corrected chi connectivity index (χ2v) is 7.38. The van der Waals surface area contributed by atoms with Crippen molar-refractivity contribution in [2.24, 2.45) is 4.99 Å². The predicted molar refractivity (Wildman–Crippen MR) is 105 cm³/mol. The molecular weight excluding hydrogens is 348 g/mol. The van der Waals surface area contributed by atoms with Crippen molar-refractivity contribution >= 4 is 17.6 Å². The van der Waals surface area contributed by atoms with Crippen molar-refractivity contribution in [2.45, 2.75) is 19.4 Å². The average molecular weight is 376 g/mol. The minimum atomic E-state index is 0.203. The van der Waals surface area contributed by atoms with E-state index in [0.717, 1.165) is 38.3 Å². The maximum absolute atomic E-state index is 10.2. The van der Waals surface area contributed by atoms with Gasteiger partial charge in [-0.25, -0.2) is 0 Å². The molecule has 6 heteroatoms. The molecule has 1 aliphatic rings. The number of aromatic hydroxyl groups is 1. The van der Waals surface area contributed by atoms with Crippen LogP contribution in [0.4, 0.5) is 0 Å². The summed E-state index contributed by atoms with van der Waals surface area (Å²) in [5, 5.41) is 12.3. The van der Waals surface area contributed by atoms with E-state index in [2.05, 4.69) is 29.4 Å². The second-order valence-electron chi connectivity index (χ2n) is 6.40. The van der Waals surface area contributed by atoms with Crippen LogP contribution in [0, 0.1) is 0 Å². The van der Waals surface area contributed by atoms with Gasteiger partial charge in [-0.3, -0.25) is 4.99 Å². The summed E-state index contributed by atoms with van der Waals surface area (Å²) < 4.78 is 11.0. The van der Waals surface area contributed by atoms with Gasteiger partial charge in [0.2, 0.25) is 0 Å². The fourth-order valence-corrected chi connectivity index (χ4v) is 3.97. The van der Waals surface area contributed by atoms with E-state index >= 15 is 0 Å². The zero-order valence-electron chi connectivity index (χ0n) is 15.2. The molecule has 3 rings (SSSR count). The van der Waals surface area contributed by atoms with Crippen molar-refractivity contribution in [1.29, 1.82) is 0 Å². The maximum atomic E-state index is 10.2. The van der Waals surface area contributed by atoms with Crippen LogP contribution in [0.25, 0.3) is 0 Å². The van der Waals surface area contributed by atoms with Crippen LogP contribution in [-0.2, 0) is 4.74 Å². The smallest absolute Gasteiger partial charge is 0.142 e. The number of rotatable bonds is 8. The second kappa shape index (κ2) is 9.71. The number of phenols is 1. The molecule has 5 nitrogen and oxygen atoms in total. The van der Waals surface area contributed by atoms with Crippen LogP contribution in [0.2, 0.25) is 0 Å². The van der Waals surface area contributed by atoms with Gasteiger partial charge in [-0.05, 0) is 30.0 Å². The molecule has 2 N–H and O–H groups in total. The quantitative estimate of drug-likeness (QED) is 0.696. The molecule has 140 valence electrons. The molecule has 1 aromatic carbocycles. The van der Waals surface area contributed by atoms with Crippen LogP contribution < -0.4 is 9.64 Å². The molecule has 0 amide bonds. The van der Waals surface area contributed by atoms with E-state index in [4.69, 9.17) is 9.47 Å². The minimum absolute atomic E-state index is 0.203. The summed E-state index contributed by atoms with van der Waals surface area (Å²) in [7, 11) is 0. The number of phenolic OH excluding ortho intramolecular Hbond substituents is 1. The Morgan fingerprint density at radius 3 is 2.88 bits per heavy atom. The van der Waals surface area contributed by atoms with Gasteiger partial charge in [0.25, 0.3) is 0 Å². The van der Waals surface area contributed by atoms with Crippen molar-refractivity contribution in [1.82, 2.24) is 0 Å². The fraction of sp³-hybridized carbons (Fsp3) is 0.450. The monoisotopic (exact) mass is 375 g/mol. The van der Waals surface area contributed by atoms with Crippen LogP contribution in [-0.4, -0.2) is 50.8 Å². The van der Waals surface area contributed by atoms with Crippen LogP contribution in [0.5, 0.6) is 11.5 Å². The molecule has 1 atom stereocenters. The van der Waals surface area contributed by atoms with E-state index in [-0.39, 0.29) is 5.75 Å². The van der Waals surface area contributed by atoms with Crippen LogP contribution in [0.1, 0.15) is 29.8 Å². The highest BCUT2D eigenvalue weighted by Gasteiger charge is 2.26. The van der Waals surface area contributed by atoms with Crippen molar-refractivity contribution in [3.05, 3.63) is 46.2 Å². The zero-order chi connectivity index (χ0) is 18.2. The summed E-state index contributed by atoms with van der Waals surface area (Å²) in [5.74, 6) is 0.893.